The molecule has 1 heterocycles. The molecule has 2 aliphatic carbocycles. The van der Waals surface area contributed by atoms with Crippen LogP contribution in [0.5, 0.6) is 0 Å². The molecule has 0 radical (unpaired) electrons. The molecule has 0 bridgehead atoms. The van der Waals surface area contributed by atoms with E-state index < -0.39 is 23.3 Å². The van der Waals surface area contributed by atoms with E-state index in [-0.39, 0.29) is 18.2 Å². The molecular weight excluding hydrogens is 449 g/mol. The van der Waals surface area contributed by atoms with Crippen LogP contribution in [-0.2, 0) is 15.8 Å². The third kappa shape index (κ3) is 4.82. The van der Waals surface area contributed by atoms with Gasteiger partial charge < -0.3 is 20.5 Å². The first-order chi connectivity index (χ1) is 16.0. The number of nitrogens with two attached hydrogens (primary N) is 1. The van der Waals surface area contributed by atoms with Crippen LogP contribution in [0.1, 0.15) is 56.8 Å². The van der Waals surface area contributed by atoms with Crippen LogP contribution in [-0.4, -0.2) is 46.0 Å². The molecule has 4 rings (SSSR count). The summed E-state index contributed by atoms with van der Waals surface area (Å²) in [6, 6.07) is 8.26. The fraction of sp³-hybridized carbons (Fsp3) is 0.542. The lowest BCUT2D eigenvalue weighted by Gasteiger charge is -2.43. The number of benzene rings is 1. The summed E-state index contributed by atoms with van der Waals surface area (Å²) in [6.07, 6.45) is 2.68. The van der Waals surface area contributed by atoms with Crippen LogP contribution in [0.15, 0.2) is 42.7 Å². The Hall–Kier alpha value is -2.88. The summed E-state index contributed by atoms with van der Waals surface area (Å²) in [6.45, 7) is 0.866. The zero-order chi connectivity index (χ0) is 24.6. The van der Waals surface area contributed by atoms with E-state index in [1.54, 1.807) is 30.6 Å². The Morgan fingerprint density at radius 3 is 2.18 bits per heavy atom. The number of aromatic nitrogens is 2. The molecule has 1 aromatic heterocycles. The van der Waals surface area contributed by atoms with E-state index in [9.17, 15) is 23.1 Å². The molecule has 0 aliphatic heterocycles. The molecule has 1 atom stereocenters. The van der Waals surface area contributed by atoms with Crippen molar-refractivity contribution in [3.05, 3.63) is 54.1 Å². The molecule has 3 N–H and O–H groups in total. The summed E-state index contributed by atoms with van der Waals surface area (Å²) in [5, 5.41) is 9.98. The number of nitrogens with zero attached hydrogens (tertiary/aromatic N) is 3. The van der Waals surface area contributed by atoms with Crippen molar-refractivity contribution in [2.75, 3.05) is 11.5 Å². The Morgan fingerprint density at radius 2 is 1.68 bits per heavy atom. The third-order valence-corrected chi connectivity index (χ3v) is 7.06. The molecule has 2 aromatic rings. The molecule has 0 saturated heterocycles. The largest absolute Gasteiger partial charge is 0.449 e. The molecule has 2 aliphatic rings. The molecule has 1 aromatic carbocycles. The van der Waals surface area contributed by atoms with E-state index in [2.05, 4.69) is 14.9 Å². The minimum atomic E-state index is -4.76. The van der Waals surface area contributed by atoms with Gasteiger partial charge in [0.05, 0.1) is 5.41 Å². The fourth-order valence-corrected chi connectivity index (χ4v) is 4.84. The quantitative estimate of drug-likeness (QED) is 0.619. The topological polar surface area (TPSA) is 102 Å². The van der Waals surface area contributed by atoms with E-state index in [1.807, 2.05) is 0 Å². The maximum Gasteiger partial charge on any atom is 0.421 e. The molecule has 10 heteroatoms. The SMILES string of the molecule is C[C@](O)(c1ccc(N(C2CC2)C2CCC(COC(N)=O)(c3ncccn3)CC2)cc1)C(F)(F)F. The summed E-state index contributed by atoms with van der Waals surface area (Å²) >= 11 is 0. The first-order valence-electron chi connectivity index (χ1n) is 11.4. The lowest BCUT2D eigenvalue weighted by Crippen LogP contribution is -2.46. The van der Waals surface area contributed by atoms with Crippen molar-refractivity contribution in [1.82, 2.24) is 9.97 Å². The molecule has 1 amide bonds. The van der Waals surface area contributed by atoms with Gasteiger partial charge in [0.25, 0.3) is 0 Å². The van der Waals surface area contributed by atoms with Gasteiger partial charge >= 0.3 is 12.3 Å². The molecule has 0 spiro atoms. The monoisotopic (exact) mass is 478 g/mol. The smallest absolute Gasteiger partial charge is 0.421 e. The van der Waals surface area contributed by atoms with Gasteiger partial charge in [-0.15, -0.1) is 0 Å². The maximum atomic E-state index is 13.2. The number of hydrogen-bond acceptors (Lipinski definition) is 6. The predicted molar refractivity (Wildman–Crippen MR) is 119 cm³/mol. The summed E-state index contributed by atoms with van der Waals surface area (Å²) in [4.78, 5) is 22.4. The predicted octanol–water partition coefficient (Wildman–Crippen LogP) is 4.19. The highest BCUT2D eigenvalue weighted by Gasteiger charge is 2.51. The van der Waals surface area contributed by atoms with Gasteiger partial charge in [-0.2, -0.15) is 13.2 Å². The van der Waals surface area contributed by atoms with Crippen molar-refractivity contribution in [3.63, 3.8) is 0 Å². The molecule has 7 nitrogen and oxygen atoms in total. The highest BCUT2D eigenvalue weighted by atomic mass is 19.4. The Balaban J connectivity index is 1.53. The second kappa shape index (κ2) is 9.05. The van der Waals surface area contributed by atoms with Crippen LogP contribution >= 0.6 is 0 Å². The Labute approximate surface area is 196 Å². The van der Waals surface area contributed by atoms with Gasteiger partial charge in [0.1, 0.15) is 12.4 Å². The van der Waals surface area contributed by atoms with Gasteiger partial charge in [0, 0.05) is 30.2 Å². The number of hydrogen-bond donors (Lipinski definition) is 2. The fourth-order valence-electron chi connectivity index (χ4n) is 4.84. The van der Waals surface area contributed by atoms with Crippen LogP contribution in [0.4, 0.5) is 23.7 Å². The standard InChI is InChI=1S/C24H29F3N4O3/c1-22(33,24(25,26)27)16-3-5-17(6-4-16)31(18-7-8-18)19-9-11-23(12-10-19,15-34-21(28)32)20-29-13-2-14-30-20/h2-6,13-14,18-19,33H,7-12,15H2,1H3,(H2,28,32)/t19?,22-,23?/m0/s1. The van der Waals surface area contributed by atoms with Crippen LogP contribution in [0.25, 0.3) is 0 Å². The van der Waals surface area contributed by atoms with Gasteiger partial charge in [0.2, 0.25) is 0 Å². The highest BCUT2D eigenvalue weighted by molar-refractivity contribution is 5.64. The normalized spacial score (nSPS) is 24.8. The van der Waals surface area contributed by atoms with E-state index >= 15 is 0 Å². The first kappa shape index (κ1) is 24.3. The van der Waals surface area contributed by atoms with Crippen molar-refractivity contribution in [3.8, 4) is 0 Å². The lowest BCUT2D eigenvalue weighted by atomic mass is 9.71. The van der Waals surface area contributed by atoms with Crippen molar-refractivity contribution in [2.45, 2.75) is 74.7 Å². The third-order valence-electron chi connectivity index (χ3n) is 7.06. The minimum Gasteiger partial charge on any atom is -0.449 e. The van der Waals surface area contributed by atoms with E-state index in [0.717, 1.165) is 38.3 Å². The number of aliphatic hydroxyl groups is 1. The summed E-state index contributed by atoms with van der Waals surface area (Å²) in [5.74, 6) is 0.617. The number of amides is 1. The van der Waals surface area contributed by atoms with Crippen LogP contribution in [0.2, 0.25) is 0 Å². The van der Waals surface area contributed by atoms with E-state index in [1.165, 1.54) is 12.1 Å². The maximum absolute atomic E-state index is 13.2. The Kier molecular flexibility index (Phi) is 6.46. The Morgan fingerprint density at radius 1 is 1.12 bits per heavy atom. The average molecular weight is 479 g/mol. The van der Waals surface area contributed by atoms with E-state index in [4.69, 9.17) is 10.5 Å². The van der Waals surface area contributed by atoms with Gasteiger partial charge in [-0.25, -0.2) is 14.8 Å². The molecule has 0 unspecified atom stereocenters. The van der Waals surface area contributed by atoms with Crippen molar-refractivity contribution >= 4 is 11.8 Å². The first-order valence-corrected chi connectivity index (χ1v) is 11.4. The molecule has 2 fully saturated rings. The molecule has 184 valence electrons. The number of alkyl halides is 3. The van der Waals surface area contributed by atoms with Gasteiger partial charge in [-0.1, -0.05) is 12.1 Å². The second-order valence-electron chi connectivity index (χ2n) is 9.45. The minimum absolute atomic E-state index is 0.101. The summed E-state index contributed by atoms with van der Waals surface area (Å²) < 4.78 is 44.9. The lowest BCUT2D eigenvalue weighted by molar-refractivity contribution is -0.258. The number of halogens is 3. The van der Waals surface area contributed by atoms with Crippen LogP contribution in [0, 0.1) is 0 Å². The highest BCUT2D eigenvalue weighted by Crippen LogP contribution is 2.44. The van der Waals surface area contributed by atoms with Crippen LogP contribution < -0.4 is 10.6 Å². The zero-order valence-electron chi connectivity index (χ0n) is 19.0. The average Bonchev–Trinajstić information content (AvgIpc) is 3.64. The van der Waals surface area contributed by atoms with Gasteiger partial charge in [-0.3, -0.25) is 0 Å². The van der Waals surface area contributed by atoms with E-state index in [0.29, 0.717) is 24.7 Å². The van der Waals surface area contributed by atoms with Gasteiger partial charge in [-0.05, 0) is 69.2 Å². The van der Waals surface area contributed by atoms with Crippen LogP contribution in [0.3, 0.4) is 0 Å². The van der Waals surface area contributed by atoms with Crippen molar-refractivity contribution < 1.29 is 27.8 Å². The zero-order valence-corrected chi connectivity index (χ0v) is 19.0. The number of rotatable bonds is 7. The molecule has 2 saturated carbocycles. The number of carbonyl (C=O) groups excluding carboxylic acids is 1. The van der Waals surface area contributed by atoms with Crippen molar-refractivity contribution in [1.29, 1.82) is 0 Å². The number of primary amides is 1. The van der Waals surface area contributed by atoms with Crippen molar-refractivity contribution in [2.24, 2.45) is 5.73 Å². The number of anilines is 1. The van der Waals surface area contributed by atoms with Gasteiger partial charge in [0.15, 0.2) is 5.60 Å². The number of carbonyl (C=O) groups is 1. The summed E-state index contributed by atoms with van der Waals surface area (Å²) in [7, 11) is 0. The number of ether oxygens (including phenoxy) is 1. The second-order valence-corrected chi connectivity index (χ2v) is 9.45. The molecular formula is C24H29F3N4O3. The Bertz CT molecular complexity index is 987. The molecule has 34 heavy (non-hydrogen) atoms. The summed E-state index contributed by atoms with van der Waals surface area (Å²) in [5.41, 5.74) is 2.43.